The maximum Gasteiger partial charge on any atom is 0.329 e. The summed E-state index contributed by atoms with van der Waals surface area (Å²) >= 11 is 0. The molecular formula is C13H24N2O4. The molecule has 0 unspecified atom stereocenters. The Kier molecular flexibility index (Phi) is 5.60. The first-order valence-electron chi connectivity index (χ1n) is 6.93. The Labute approximate surface area is 113 Å². The van der Waals surface area contributed by atoms with Crippen LogP contribution in [0.2, 0.25) is 0 Å². The van der Waals surface area contributed by atoms with Crippen LogP contribution in [0.5, 0.6) is 0 Å². The average molecular weight is 272 g/mol. The molecule has 1 fully saturated rings. The van der Waals surface area contributed by atoms with Crippen LogP contribution >= 0.6 is 0 Å². The highest BCUT2D eigenvalue weighted by Gasteiger charge is 2.46. The van der Waals surface area contributed by atoms with Crippen LogP contribution in [-0.4, -0.2) is 51.8 Å². The Hall–Kier alpha value is -1.30. The summed E-state index contributed by atoms with van der Waals surface area (Å²) < 4.78 is 0. The van der Waals surface area contributed by atoms with Crippen molar-refractivity contribution < 1.29 is 19.8 Å². The van der Waals surface area contributed by atoms with E-state index in [0.29, 0.717) is 12.8 Å². The first-order chi connectivity index (χ1) is 9.00. The second-order valence-corrected chi connectivity index (χ2v) is 5.06. The van der Waals surface area contributed by atoms with Crippen molar-refractivity contribution in [2.45, 2.75) is 57.5 Å². The minimum absolute atomic E-state index is 0.0260. The Bertz CT molecular complexity index is 325. The molecule has 1 rings (SSSR count). The van der Waals surface area contributed by atoms with Crippen molar-refractivity contribution in [1.29, 1.82) is 0 Å². The van der Waals surface area contributed by atoms with Crippen LogP contribution in [0.3, 0.4) is 0 Å². The van der Waals surface area contributed by atoms with Crippen molar-refractivity contribution in [2.24, 2.45) is 0 Å². The summed E-state index contributed by atoms with van der Waals surface area (Å²) in [5, 5.41) is 20.9. The van der Waals surface area contributed by atoms with E-state index in [9.17, 15) is 14.7 Å². The minimum Gasteiger partial charge on any atom is -0.480 e. The molecule has 110 valence electrons. The van der Waals surface area contributed by atoms with E-state index in [1.807, 2.05) is 13.8 Å². The van der Waals surface area contributed by atoms with E-state index in [4.69, 9.17) is 5.11 Å². The van der Waals surface area contributed by atoms with Crippen LogP contribution in [0.15, 0.2) is 0 Å². The molecule has 1 aliphatic rings. The van der Waals surface area contributed by atoms with Crippen molar-refractivity contribution in [1.82, 2.24) is 10.2 Å². The zero-order valence-corrected chi connectivity index (χ0v) is 11.7. The molecule has 1 saturated carbocycles. The molecule has 0 aromatic carbocycles. The van der Waals surface area contributed by atoms with Gasteiger partial charge in [-0.3, -0.25) is 0 Å². The number of aliphatic carboxylic acids is 1. The number of nitrogens with one attached hydrogen (secondary N) is 1. The molecule has 0 aromatic rings. The number of hydrogen-bond acceptors (Lipinski definition) is 3. The number of urea groups is 1. The monoisotopic (exact) mass is 272 g/mol. The lowest BCUT2D eigenvalue weighted by Gasteiger charge is -2.41. The van der Waals surface area contributed by atoms with E-state index in [1.54, 1.807) is 4.90 Å². The zero-order chi connectivity index (χ0) is 14.5. The van der Waals surface area contributed by atoms with E-state index in [0.717, 1.165) is 19.3 Å². The third kappa shape index (κ3) is 3.37. The Morgan fingerprint density at radius 3 is 2.21 bits per heavy atom. The second kappa shape index (κ2) is 6.75. The maximum atomic E-state index is 12.2. The fourth-order valence-corrected chi connectivity index (χ4v) is 2.49. The highest BCUT2D eigenvalue weighted by Crippen LogP contribution is 2.32. The molecule has 1 aliphatic carbocycles. The molecule has 6 heteroatoms. The van der Waals surface area contributed by atoms with Crippen LogP contribution in [0.4, 0.5) is 4.79 Å². The van der Waals surface area contributed by atoms with Crippen molar-refractivity contribution in [3.63, 3.8) is 0 Å². The molecule has 6 nitrogen and oxygen atoms in total. The SMILES string of the molecule is CCC(CC)N(CCO)C(=O)NC1(C(=O)O)CCC1. The van der Waals surface area contributed by atoms with E-state index in [1.165, 1.54) is 0 Å². The highest BCUT2D eigenvalue weighted by atomic mass is 16.4. The van der Waals surface area contributed by atoms with Crippen LogP contribution in [0.25, 0.3) is 0 Å². The first-order valence-corrected chi connectivity index (χ1v) is 6.93. The predicted octanol–water partition coefficient (Wildman–Crippen LogP) is 1.19. The Morgan fingerprint density at radius 1 is 1.32 bits per heavy atom. The molecule has 0 radical (unpaired) electrons. The molecular weight excluding hydrogens is 248 g/mol. The van der Waals surface area contributed by atoms with Gasteiger partial charge in [-0.15, -0.1) is 0 Å². The lowest BCUT2D eigenvalue weighted by molar-refractivity contribution is -0.148. The summed E-state index contributed by atoms with van der Waals surface area (Å²) in [6.07, 6.45) is 3.33. The van der Waals surface area contributed by atoms with Gasteiger partial charge in [0.25, 0.3) is 0 Å². The minimum atomic E-state index is -1.10. The number of carbonyl (C=O) groups is 2. The third-order valence-electron chi connectivity index (χ3n) is 3.95. The van der Waals surface area contributed by atoms with Crippen molar-refractivity contribution >= 4 is 12.0 Å². The van der Waals surface area contributed by atoms with Gasteiger partial charge in [0, 0.05) is 12.6 Å². The number of hydrogen-bond donors (Lipinski definition) is 3. The topological polar surface area (TPSA) is 89.9 Å². The summed E-state index contributed by atoms with van der Waals surface area (Å²) in [6.45, 7) is 4.06. The smallest absolute Gasteiger partial charge is 0.329 e. The van der Waals surface area contributed by atoms with Crippen LogP contribution in [0.1, 0.15) is 46.0 Å². The summed E-state index contributed by atoms with van der Waals surface area (Å²) in [7, 11) is 0. The van der Waals surface area contributed by atoms with Gasteiger partial charge >= 0.3 is 12.0 Å². The number of amides is 2. The number of aliphatic hydroxyl groups is 1. The largest absolute Gasteiger partial charge is 0.480 e. The van der Waals surface area contributed by atoms with Gasteiger partial charge in [-0.2, -0.15) is 0 Å². The van der Waals surface area contributed by atoms with Gasteiger partial charge in [-0.25, -0.2) is 9.59 Å². The van der Waals surface area contributed by atoms with Gasteiger partial charge < -0.3 is 20.4 Å². The molecule has 0 bridgehead atoms. The van der Waals surface area contributed by atoms with Gasteiger partial charge in [0.15, 0.2) is 0 Å². The molecule has 0 spiro atoms. The van der Waals surface area contributed by atoms with Gasteiger partial charge in [-0.1, -0.05) is 13.8 Å². The van der Waals surface area contributed by atoms with Crippen LogP contribution < -0.4 is 5.32 Å². The van der Waals surface area contributed by atoms with Gasteiger partial charge in [0.2, 0.25) is 0 Å². The maximum absolute atomic E-state index is 12.2. The third-order valence-corrected chi connectivity index (χ3v) is 3.95. The number of carboxylic acids is 1. The number of rotatable bonds is 7. The lowest BCUT2D eigenvalue weighted by Crippen LogP contribution is -2.62. The average Bonchev–Trinajstić information content (AvgIpc) is 2.33. The molecule has 0 aliphatic heterocycles. The molecule has 0 atom stereocenters. The van der Waals surface area contributed by atoms with Gasteiger partial charge in [-0.05, 0) is 32.1 Å². The zero-order valence-electron chi connectivity index (χ0n) is 11.7. The molecule has 0 aromatic heterocycles. The number of aliphatic hydroxyl groups excluding tert-OH is 1. The quantitative estimate of drug-likeness (QED) is 0.649. The summed E-state index contributed by atoms with van der Waals surface area (Å²) in [6, 6.07) is -0.358. The first kappa shape index (κ1) is 15.8. The second-order valence-electron chi connectivity index (χ2n) is 5.06. The fourth-order valence-electron chi connectivity index (χ4n) is 2.49. The van der Waals surface area contributed by atoms with Crippen molar-refractivity contribution in [3.8, 4) is 0 Å². The van der Waals surface area contributed by atoms with E-state index >= 15 is 0 Å². The fraction of sp³-hybridized carbons (Fsp3) is 0.846. The van der Waals surface area contributed by atoms with Crippen molar-refractivity contribution in [2.75, 3.05) is 13.2 Å². The molecule has 0 saturated heterocycles. The molecule has 3 N–H and O–H groups in total. The molecule has 19 heavy (non-hydrogen) atoms. The predicted molar refractivity (Wildman–Crippen MR) is 70.9 cm³/mol. The molecule has 0 heterocycles. The van der Waals surface area contributed by atoms with Gasteiger partial charge in [0.1, 0.15) is 5.54 Å². The van der Waals surface area contributed by atoms with Crippen molar-refractivity contribution in [3.05, 3.63) is 0 Å². The lowest BCUT2D eigenvalue weighted by atomic mass is 9.77. The van der Waals surface area contributed by atoms with E-state index in [-0.39, 0.29) is 25.2 Å². The Morgan fingerprint density at radius 2 is 1.89 bits per heavy atom. The summed E-state index contributed by atoms with van der Waals surface area (Å²) in [4.78, 5) is 25.0. The van der Waals surface area contributed by atoms with Crippen LogP contribution in [-0.2, 0) is 4.79 Å². The van der Waals surface area contributed by atoms with E-state index in [2.05, 4.69) is 5.32 Å². The number of carboxylic acid groups (broad SMARTS) is 1. The number of carbonyl (C=O) groups excluding carboxylic acids is 1. The van der Waals surface area contributed by atoms with E-state index < -0.39 is 11.5 Å². The highest BCUT2D eigenvalue weighted by molar-refractivity contribution is 5.87. The summed E-state index contributed by atoms with van der Waals surface area (Å²) in [5.74, 6) is -0.972. The molecule has 2 amide bonds. The standard InChI is InChI=1S/C13H24N2O4/c1-3-10(4-2)15(8-9-16)12(19)14-13(11(17)18)6-5-7-13/h10,16H,3-9H2,1-2H3,(H,14,19)(H,17,18). The Balaban J connectivity index is 2.74. The van der Waals surface area contributed by atoms with Gasteiger partial charge in [0.05, 0.1) is 6.61 Å². The van der Waals surface area contributed by atoms with Crippen LogP contribution in [0, 0.1) is 0 Å². The normalized spacial score (nSPS) is 16.8. The number of nitrogens with zero attached hydrogens (tertiary/aromatic N) is 1. The summed E-state index contributed by atoms with van der Waals surface area (Å²) in [5.41, 5.74) is -1.10.